The van der Waals surface area contributed by atoms with E-state index in [9.17, 15) is 18.9 Å². The topological polar surface area (TPSA) is 148 Å². The fraction of sp³-hybridized carbons (Fsp3) is 0.0870. The van der Waals surface area contributed by atoms with Gasteiger partial charge in [0.25, 0.3) is 0 Å². The molecule has 11 heteroatoms. The van der Waals surface area contributed by atoms with Crippen LogP contribution in [0.5, 0.6) is 11.5 Å². The molecule has 1 amide bonds. The molecular formula is C23H20NO9P. The number of carbonyl (C=O) groups excluding carboxylic acids is 1. The van der Waals surface area contributed by atoms with Crippen LogP contribution in [-0.4, -0.2) is 34.8 Å². The molecule has 0 aliphatic rings. The first-order valence-corrected chi connectivity index (χ1v) is 11.3. The molecule has 0 aliphatic carbocycles. The molecule has 0 aliphatic heterocycles. The van der Waals surface area contributed by atoms with Gasteiger partial charge in [0.2, 0.25) is 5.91 Å². The largest absolute Gasteiger partial charge is 0.589 e. The molecule has 0 radical (unpaired) electrons. The SMILES string of the molecule is O=C(Cc1ccccc1)NCOP(=O)(Oc1cccc(C(=O)O)c1)Oc1cccc(C(=O)O)c1. The number of carboxylic acid groups (broad SMARTS) is 2. The highest BCUT2D eigenvalue weighted by Gasteiger charge is 2.32. The first kappa shape index (κ1) is 24.5. The van der Waals surface area contributed by atoms with Gasteiger partial charge in [-0.1, -0.05) is 42.5 Å². The summed E-state index contributed by atoms with van der Waals surface area (Å²) in [6.45, 7) is -0.555. The van der Waals surface area contributed by atoms with Crippen LogP contribution in [0, 0.1) is 0 Å². The highest BCUT2D eigenvalue weighted by atomic mass is 31.2. The fourth-order valence-corrected chi connectivity index (χ4v) is 3.85. The molecule has 3 aromatic carbocycles. The summed E-state index contributed by atoms with van der Waals surface area (Å²) in [5.41, 5.74) is 0.493. The monoisotopic (exact) mass is 485 g/mol. The molecule has 0 saturated heterocycles. The highest BCUT2D eigenvalue weighted by Crippen LogP contribution is 2.49. The predicted molar refractivity (Wildman–Crippen MR) is 120 cm³/mol. The van der Waals surface area contributed by atoms with Gasteiger partial charge in [0.05, 0.1) is 17.5 Å². The zero-order chi connectivity index (χ0) is 24.6. The van der Waals surface area contributed by atoms with Crippen molar-refractivity contribution in [2.75, 3.05) is 6.73 Å². The Morgan fingerprint density at radius 1 is 0.765 bits per heavy atom. The Balaban J connectivity index is 1.75. The Morgan fingerprint density at radius 2 is 1.29 bits per heavy atom. The maximum atomic E-state index is 13.3. The van der Waals surface area contributed by atoms with Crippen molar-refractivity contribution in [3.63, 3.8) is 0 Å². The minimum absolute atomic E-state index is 0.0531. The Kier molecular flexibility index (Phi) is 8.02. The number of aromatic carboxylic acids is 2. The number of rotatable bonds is 11. The van der Waals surface area contributed by atoms with E-state index < -0.39 is 32.4 Å². The van der Waals surface area contributed by atoms with Crippen molar-refractivity contribution in [3.05, 3.63) is 95.6 Å². The summed E-state index contributed by atoms with van der Waals surface area (Å²) in [5.74, 6) is -3.14. The van der Waals surface area contributed by atoms with Crippen molar-refractivity contribution >= 4 is 25.7 Å². The van der Waals surface area contributed by atoms with E-state index in [-0.39, 0.29) is 29.0 Å². The summed E-state index contributed by atoms with van der Waals surface area (Å²) in [5, 5.41) is 20.8. The number of benzene rings is 3. The van der Waals surface area contributed by atoms with E-state index in [4.69, 9.17) is 23.8 Å². The average molecular weight is 485 g/mol. The number of phosphoric ester groups is 1. The summed E-state index contributed by atoms with van der Waals surface area (Å²) in [4.78, 5) is 34.6. The van der Waals surface area contributed by atoms with E-state index in [1.54, 1.807) is 24.3 Å². The highest BCUT2D eigenvalue weighted by molar-refractivity contribution is 7.49. The normalized spacial score (nSPS) is 10.8. The van der Waals surface area contributed by atoms with Crippen molar-refractivity contribution in [1.82, 2.24) is 5.32 Å². The summed E-state index contributed by atoms with van der Waals surface area (Å²) in [6, 6.07) is 19.2. The molecule has 0 heterocycles. The van der Waals surface area contributed by atoms with Crippen molar-refractivity contribution < 1.29 is 42.7 Å². The smallest absolute Gasteiger partial charge is 0.478 e. The standard InChI is InChI=1S/C23H20NO9P/c25-21(12-16-6-2-1-3-7-16)24-15-31-34(30,32-19-10-4-8-17(13-19)22(26)27)33-20-11-5-9-18(14-20)23(28)29/h1-11,13-14H,12,15H2,(H,24,25)(H,26,27)(H,28,29). The van der Waals surface area contributed by atoms with Crippen LogP contribution in [0.25, 0.3) is 0 Å². The van der Waals surface area contributed by atoms with Crippen LogP contribution in [0.3, 0.4) is 0 Å². The molecule has 0 saturated carbocycles. The van der Waals surface area contributed by atoms with Crippen molar-refractivity contribution in [2.24, 2.45) is 0 Å². The van der Waals surface area contributed by atoms with Crippen LogP contribution in [-0.2, 0) is 20.3 Å². The summed E-state index contributed by atoms with van der Waals surface area (Å²) < 4.78 is 29.3. The van der Waals surface area contributed by atoms with Gasteiger partial charge in [-0.05, 0) is 42.0 Å². The lowest BCUT2D eigenvalue weighted by Gasteiger charge is -2.19. The Bertz CT molecular complexity index is 1170. The van der Waals surface area contributed by atoms with Crippen molar-refractivity contribution in [2.45, 2.75) is 6.42 Å². The van der Waals surface area contributed by atoms with E-state index in [1.165, 1.54) is 36.4 Å². The summed E-state index contributed by atoms with van der Waals surface area (Å²) in [7, 11) is -4.50. The van der Waals surface area contributed by atoms with Gasteiger partial charge in [-0.3, -0.25) is 4.79 Å². The molecule has 0 fully saturated rings. The maximum absolute atomic E-state index is 13.3. The third kappa shape index (κ3) is 7.19. The van der Waals surface area contributed by atoms with Gasteiger partial charge in [0, 0.05) is 0 Å². The lowest BCUT2D eigenvalue weighted by Crippen LogP contribution is -2.28. The fourth-order valence-electron chi connectivity index (χ4n) is 2.74. The number of hydrogen-bond acceptors (Lipinski definition) is 7. The Hall–Kier alpha value is -4.14. The molecule has 0 atom stereocenters. The quantitative estimate of drug-likeness (QED) is 0.271. The molecule has 3 N–H and O–H groups in total. The first-order chi connectivity index (χ1) is 16.2. The molecule has 0 aromatic heterocycles. The minimum Gasteiger partial charge on any atom is -0.478 e. The van der Waals surface area contributed by atoms with Crippen molar-refractivity contribution in [3.8, 4) is 11.5 Å². The van der Waals surface area contributed by atoms with Crippen LogP contribution < -0.4 is 14.4 Å². The zero-order valence-electron chi connectivity index (χ0n) is 17.6. The maximum Gasteiger partial charge on any atom is 0.589 e. The summed E-state index contributed by atoms with van der Waals surface area (Å²) in [6.07, 6.45) is 0.0531. The number of hydrogen-bond donors (Lipinski definition) is 3. The molecule has 0 spiro atoms. The molecule has 3 rings (SSSR count). The molecule has 176 valence electrons. The number of carbonyl (C=O) groups is 3. The third-order valence-corrected chi connectivity index (χ3v) is 5.61. The van der Waals surface area contributed by atoms with Gasteiger partial charge in [0.15, 0.2) is 0 Å². The second kappa shape index (κ2) is 11.1. The number of amides is 1. The Morgan fingerprint density at radius 3 is 1.79 bits per heavy atom. The van der Waals surface area contributed by atoms with Crippen LogP contribution in [0.15, 0.2) is 78.9 Å². The number of carboxylic acids is 2. The van der Waals surface area contributed by atoms with Gasteiger partial charge >= 0.3 is 19.8 Å². The molecule has 3 aromatic rings. The zero-order valence-corrected chi connectivity index (χ0v) is 18.5. The molecule has 34 heavy (non-hydrogen) atoms. The predicted octanol–water partition coefficient (Wildman–Crippen LogP) is 3.98. The van der Waals surface area contributed by atoms with E-state index in [0.717, 1.165) is 17.7 Å². The third-order valence-electron chi connectivity index (χ3n) is 4.30. The lowest BCUT2D eigenvalue weighted by molar-refractivity contribution is -0.121. The van der Waals surface area contributed by atoms with Crippen molar-refractivity contribution in [1.29, 1.82) is 0 Å². The Labute approximate surface area is 194 Å². The van der Waals surface area contributed by atoms with Crippen LogP contribution >= 0.6 is 7.82 Å². The van der Waals surface area contributed by atoms with E-state index in [1.807, 2.05) is 6.07 Å². The van der Waals surface area contributed by atoms with Crippen LogP contribution in [0.1, 0.15) is 26.3 Å². The summed E-state index contributed by atoms with van der Waals surface area (Å²) >= 11 is 0. The average Bonchev–Trinajstić information content (AvgIpc) is 2.80. The van der Waals surface area contributed by atoms with Gasteiger partial charge in [-0.25, -0.2) is 18.7 Å². The van der Waals surface area contributed by atoms with Gasteiger partial charge < -0.3 is 24.6 Å². The van der Waals surface area contributed by atoms with E-state index in [2.05, 4.69) is 5.32 Å². The van der Waals surface area contributed by atoms with Crippen LogP contribution in [0.2, 0.25) is 0 Å². The van der Waals surface area contributed by atoms with Gasteiger partial charge in [-0.2, -0.15) is 0 Å². The lowest BCUT2D eigenvalue weighted by atomic mass is 10.1. The molecular weight excluding hydrogens is 465 g/mol. The van der Waals surface area contributed by atoms with Crippen LogP contribution in [0.4, 0.5) is 0 Å². The molecule has 10 nitrogen and oxygen atoms in total. The minimum atomic E-state index is -4.50. The van der Waals surface area contributed by atoms with Gasteiger partial charge in [-0.15, -0.1) is 0 Å². The molecule has 0 unspecified atom stereocenters. The first-order valence-electron chi connectivity index (χ1n) is 9.85. The molecule has 0 bridgehead atoms. The van der Waals surface area contributed by atoms with E-state index >= 15 is 0 Å². The van der Waals surface area contributed by atoms with Gasteiger partial charge in [0.1, 0.15) is 18.2 Å². The second-order valence-corrected chi connectivity index (χ2v) is 8.35. The number of phosphoric acid groups is 1. The number of nitrogens with one attached hydrogen (secondary N) is 1. The van der Waals surface area contributed by atoms with E-state index in [0.29, 0.717) is 0 Å². The second-order valence-electron chi connectivity index (χ2n) is 6.83.